The van der Waals surface area contributed by atoms with Crippen molar-refractivity contribution >= 4 is 40.5 Å². The fourth-order valence-electron chi connectivity index (χ4n) is 5.50. The van der Waals surface area contributed by atoms with Crippen molar-refractivity contribution in [1.29, 1.82) is 0 Å². The smallest absolute Gasteiger partial charge is 0.410 e. The van der Waals surface area contributed by atoms with Crippen LogP contribution in [0.15, 0.2) is 65.3 Å². The normalized spacial score (nSPS) is 14.7. The second kappa shape index (κ2) is 13.5. The molecule has 2 aromatic carbocycles. The Morgan fingerprint density at radius 2 is 1.92 bits per heavy atom. The number of benzene rings is 2. The van der Waals surface area contributed by atoms with Gasteiger partial charge in [-0.05, 0) is 79.7 Å². The van der Waals surface area contributed by atoms with Gasteiger partial charge in [-0.3, -0.25) is 4.79 Å². The SMILES string of the molecule is COc1ccc(Cn2nc(N[C@@H]3CCN(C(=O)OC(C)(C)C)C3)c3c(-c4ccc(CNC(=O)c5cc(Cl)on5)c(F)c4)ccnc32)cc1. The first-order chi connectivity index (χ1) is 23.0. The largest absolute Gasteiger partial charge is 0.497 e. The second-order valence-corrected chi connectivity index (χ2v) is 12.8. The van der Waals surface area contributed by atoms with E-state index in [2.05, 4.69) is 20.8 Å². The first kappa shape index (κ1) is 32.8. The lowest BCUT2D eigenvalue weighted by Crippen LogP contribution is -2.36. The van der Waals surface area contributed by atoms with E-state index in [1.165, 1.54) is 12.1 Å². The van der Waals surface area contributed by atoms with Crippen molar-refractivity contribution in [3.8, 4) is 16.9 Å². The van der Waals surface area contributed by atoms with Gasteiger partial charge in [0.05, 0.1) is 19.0 Å². The Labute approximate surface area is 281 Å². The second-order valence-electron chi connectivity index (χ2n) is 12.5. The molecule has 0 saturated carbocycles. The topological polar surface area (TPSA) is 137 Å². The van der Waals surface area contributed by atoms with Gasteiger partial charge in [-0.25, -0.2) is 18.9 Å². The fourth-order valence-corrected chi connectivity index (χ4v) is 5.64. The number of halogens is 2. The molecule has 0 aliphatic carbocycles. The quantitative estimate of drug-likeness (QED) is 0.185. The van der Waals surface area contributed by atoms with E-state index >= 15 is 4.39 Å². The van der Waals surface area contributed by atoms with E-state index in [4.69, 9.17) is 30.7 Å². The van der Waals surface area contributed by atoms with E-state index in [0.29, 0.717) is 48.5 Å². The van der Waals surface area contributed by atoms with Crippen LogP contribution in [0.5, 0.6) is 5.75 Å². The van der Waals surface area contributed by atoms with Crippen LogP contribution in [0.4, 0.5) is 15.0 Å². The van der Waals surface area contributed by atoms with E-state index < -0.39 is 17.3 Å². The first-order valence-corrected chi connectivity index (χ1v) is 15.8. The number of likely N-dealkylation sites (tertiary alicyclic amines) is 1. The predicted molar refractivity (Wildman–Crippen MR) is 178 cm³/mol. The van der Waals surface area contributed by atoms with Crippen molar-refractivity contribution in [2.24, 2.45) is 0 Å². The zero-order valence-electron chi connectivity index (χ0n) is 26.9. The third-order valence-electron chi connectivity index (χ3n) is 7.82. The van der Waals surface area contributed by atoms with Crippen molar-refractivity contribution in [1.82, 2.24) is 30.1 Å². The minimum Gasteiger partial charge on any atom is -0.497 e. The minimum absolute atomic E-state index is 0.000588. The number of nitrogens with one attached hydrogen (secondary N) is 2. The van der Waals surface area contributed by atoms with Crippen LogP contribution < -0.4 is 15.4 Å². The van der Waals surface area contributed by atoms with Crippen LogP contribution in [-0.2, 0) is 17.8 Å². The zero-order chi connectivity index (χ0) is 34.0. The summed E-state index contributed by atoms with van der Waals surface area (Å²) in [7, 11) is 1.62. The zero-order valence-corrected chi connectivity index (χ0v) is 27.7. The third kappa shape index (κ3) is 7.36. The summed E-state index contributed by atoms with van der Waals surface area (Å²) in [4.78, 5) is 31.5. The number of amides is 2. The Morgan fingerprint density at radius 1 is 1.12 bits per heavy atom. The number of fused-ring (bicyclic) bond motifs is 1. The maximum Gasteiger partial charge on any atom is 0.410 e. The molecule has 1 aliphatic rings. The number of hydrogen-bond donors (Lipinski definition) is 2. The summed E-state index contributed by atoms with van der Waals surface area (Å²) in [6.45, 7) is 6.86. The molecule has 0 unspecified atom stereocenters. The van der Waals surface area contributed by atoms with Gasteiger partial charge < -0.3 is 29.5 Å². The maximum atomic E-state index is 15.5. The molecule has 5 aromatic rings. The number of methoxy groups -OCH3 is 1. The highest BCUT2D eigenvalue weighted by Crippen LogP contribution is 2.35. The predicted octanol–water partition coefficient (Wildman–Crippen LogP) is 6.29. The lowest BCUT2D eigenvalue weighted by atomic mass is 10.0. The number of pyridine rings is 1. The molecular formula is C34H35ClFN7O5. The monoisotopic (exact) mass is 675 g/mol. The van der Waals surface area contributed by atoms with E-state index in [-0.39, 0.29) is 35.2 Å². The lowest BCUT2D eigenvalue weighted by molar-refractivity contribution is 0.0293. The molecule has 6 rings (SSSR count). The highest BCUT2D eigenvalue weighted by Gasteiger charge is 2.31. The van der Waals surface area contributed by atoms with Gasteiger partial charge >= 0.3 is 6.09 Å². The molecule has 3 aromatic heterocycles. The number of rotatable bonds is 9. The molecule has 2 N–H and O–H groups in total. The van der Waals surface area contributed by atoms with Crippen LogP contribution >= 0.6 is 11.6 Å². The number of carbonyl (C=O) groups excluding carboxylic acids is 2. The summed E-state index contributed by atoms with van der Waals surface area (Å²) in [6, 6.07) is 15.5. The van der Waals surface area contributed by atoms with Crippen LogP contribution in [0.1, 0.15) is 48.8 Å². The van der Waals surface area contributed by atoms with Crippen molar-refractivity contribution in [2.45, 2.75) is 51.9 Å². The molecule has 0 spiro atoms. The van der Waals surface area contributed by atoms with Gasteiger partial charge in [0.25, 0.3) is 5.91 Å². The van der Waals surface area contributed by atoms with Gasteiger partial charge in [-0.2, -0.15) is 5.10 Å². The maximum absolute atomic E-state index is 15.5. The number of carbonyl (C=O) groups is 2. The third-order valence-corrected chi connectivity index (χ3v) is 8.00. The van der Waals surface area contributed by atoms with Gasteiger partial charge in [0.2, 0.25) is 5.22 Å². The van der Waals surface area contributed by atoms with E-state index in [9.17, 15) is 9.59 Å². The van der Waals surface area contributed by atoms with Crippen molar-refractivity contribution in [3.05, 3.63) is 88.7 Å². The molecule has 1 fully saturated rings. The average Bonchev–Trinajstić information content (AvgIpc) is 3.79. The van der Waals surface area contributed by atoms with Crippen molar-refractivity contribution < 1.29 is 28.0 Å². The molecular weight excluding hydrogens is 641 g/mol. The average molecular weight is 676 g/mol. The first-order valence-electron chi connectivity index (χ1n) is 15.4. The molecule has 250 valence electrons. The van der Waals surface area contributed by atoms with Gasteiger partial charge in [0, 0.05) is 43.5 Å². The molecule has 14 heteroatoms. The Morgan fingerprint density at radius 3 is 2.60 bits per heavy atom. The molecule has 1 atom stereocenters. The molecule has 1 saturated heterocycles. The number of nitrogens with zero attached hydrogens (tertiary/aromatic N) is 5. The highest BCUT2D eigenvalue weighted by atomic mass is 35.5. The molecule has 1 aliphatic heterocycles. The molecule has 2 amide bonds. The van der Waals surface area contributed by atoms with E-state index in [1.807, 2.05) is 51.1 Å². The van der Waals surface area contributed by atoms with Gasteiger partial charge in [-0.1, -0.05) is 29.4 Å². The number of aromatic nitrogens is 4. The molecule has 12 nitrogen and oxygen atoms in total. The summed E-state index contributed by atoms with van der Waals surface area (Å²) in [5.41, 5.74) is 2.61. The van der Waals surface area contributed by atoms with Crippen molar-refractivity contribution in [2.75, 3.05) is 25.5 Å². The number of ether oxygens (including phenoxy) is 2. The molecule has 4 heterocycles. The summed E-state index contributed by atoms with van der Waals surface area (Å²) in [5, 5.41) is 15.4. The van der Waals surface area contributed by atoms with Crippen LogP contribution in [0.3, 0.4) is 0 Å². The van der Waals surface area contributed by atoms with Crippen LogP contribution in [0.25, 0.3) is 22.2 Å². The lowest BCUT2D eigenvalue weighted by Gasteiger charge is -2.24. The van der Waals surface area contributed by atoms with Gasteiger partial charge in [-0.15, -0.1) is 0 Å². The highest BCUT2D eigenvalue weighted by molar-refractivity contribution is 6.29. The Balaban J connectivity index is 1.30. The minimum atomic E-state index is -0.596. The van der Waals surface area contributed by atoms with Gasteiger partial charge in [0.15, 0.2) is 17.2 Å². The fraction of sp³-hybridized carbons (Fsp3) is 0.324. The Hall–Kier alpha value is -5.17. The van der Waals surface area contributed by atoms with Crippen LogP contribution in [-0.4, -0.2) is 68.7 Å². The molecule has 48 heavy (non-hydrogen) atoms. The Kier molecular flexibility index (Phi) is 9.22. The van der Waals surface area contributed by atoms with Gasteiger partial charge in [0.1, 0.15) is 17.2 Å². The number of hydrogen-bond acceptors (Lipinski definition) is 9. The summed E-state index contributed by atoms with van der Waals surface area (Å²) in [6.07, 6.45) is 2.00. The summed E-state index contributed by atoms with van der Waals surface area (Å²) >= 11 is 5.71. The number of anilines is 1. The molecule has 0 bridgehead atoms. The Bertz CT molecular complexity index is 1950. The standard InChI is InChI=1S/C34H35ClFN7O5/c1-34(2,3)47-33(45)42-14-12-23(19-42)39-30-29-25(11-13-37-31(29)43(40-30)18-20-5-9-24(46-4)10-6-20)21-7-8-22(26(36)15-21)17-38-32(44)27-16-28(35)48-41-27/h5-11,13,15-16,23H,12,14,17-19H2,1-4H3,(H,38,44)(H,39,40)/t23-/m1/s1. The molecule has 0 radical (unpaired) electrons. The van der Waals surface area contributed by atoms with Crippen LogP contribution in [0, 0.1) is 5.82 Å². The van der Waals surface area contributed by atoms with E-state index in [1.54, 1.807) is 35.0 Å². The summed E-state index contributed by atoms with van der Waals surface area (Å²) < 4.78 is 32.9. The summed E-state index contributed by atoms with van der Waals surface area (Å²) in [5.74, 6) is 0.276. The van der Waals surface area contributed by atoms with E-state index in [0.717, 1.165) is 16.9 Å². The van der Waals surface area contributed by atoms with Crippen LogP contribution in [0.2, 0.25) is 5.22 Å². The van der Waals surface area contributed by atoms with Crippen molar-refractivity contribution in [3.63, 3.8) is 0 Å².